The number of rotatable bonds is 12. The second-order valence-corrected chi connectivity index (χ2v) is 14.1. The third-order valence-electron chi connectivity index (χ3n) is 5.72. The van der Waals surface area contributed by atoms with Crippen LogP contribution in [-0.2, 0) is 23.4 Å². The Morgan fingerprint density at radius 1 is 1.06 bits per heavy atom. The van der Waals surface area contributed by atoms with Crippen molar-refractivity contribution in [1.82, 2.24) is 10.6 Å². The molecule has 2 amide bonds. The van der Waals surface area contributed by atoms with E-state index in [-0.39, 0.29) is 38.0 Å². The van der Waals surface area contributed by atoms with E-state index < -0.39 is 51.1 Å². The number of hydrogen-bond acceptors (Lipinski definition) is 9. The molecule has 0 radical (unpaired) electrons. The molecule has 0 aromatic rings. The molecule has 1 aliphatic rings. The van der Waals surface area contributed by atoms with Gasteiger partial charge in [-0.2, -0.15) is 0 Å². The van der Waals surface area contributed by atoms with Crippen molar-refractivity contribution in [2.45, 2.75) is 69.5 Å². The fraction of sp³-hybridized carbons (Fsp3) is 0.727. The fourth-order valence-electron chi connectivity index (χ4n) is 2.70. The molecule has 1 heterocycles. The maximum absolute atomic E-state index is 12.1. The van der Waals surface area contributed by atoms with Gasteiger partial charge in [-0.25, -0.2) is 9.59 Å². The minimum atomic E-state index is -2.16. The van der Waals surface area contributed by atoms with Crippen molar-refractivity contribution in [3.05, 3.63) is 25.3 Å². The number of ether oxygens (including phenoxy) is 4. The van der Waals surface area contributed by atoms with Gasteiger partial charge in [-0.3, -0.25) is 0 Å². The van der Waals surface area contributed by atoms with Gasteiger partial charge in [-0.1, -0.05) is 46.1 Å². The van der Waals surface area contributed by atoms with Crippen LogP contribution in [0.25, 0.3) is 0 Å². The smallest absolute Gasteiger partial charge is 0.407 e. The highest BCUT2D eigenvalue weighted by atomic mass is 28.4. The normalized spacial score (nSPS) is 25.2. The molecule has 34 heavy (non-hydrogen) atoms. The van der Waals surface area contributed by atoms with Crippen molar-refractivity contribution in [3.8, 4) is 0 Å². The molecule has 0 unspecified atom stereocenters. The van der Waals surface area contributed by atoms with Gasteiger partial charge in [-0.15, -0.1) is 0 Å². The van der Waals surface area contributed by atoms with Crippen LogP contribution in [0.1, 0.15) is 20.8 Å². The van der Waals surface area contributed by atoms with Crippen LogP contribution in [0.3, 0.4) is 0 Å². The minimum Gasteiger partial charge on any atom is -0.445 e. The Labute approximate surface area is 202 Å². The largest absolute Gasteiger partial charge is 0.445 e. The highest BCUT2D eigenvalue weighted by molar-refractivity contribution is 6.74. The highest BCUT2D eigenvalue weighted by Gasteiger charge is 2.47. The third-order valence-corrected chi connectivity index (χ3v) is 10.2. The van der Waals surface area contributed by atoms with E-state index in [0.29, 0.717) is 0 Å². The predicted octanol–water partition coefficient (Wildman–Crippen LogP) is 1.66. The average Bonchev–Trinajstić information content (AvgIpc) is 2.76. The molecule has 196 valence electrons. The topological polar surface area (TPSA) is 145 Å². The Morgan fingerprint density at radius 3 is 2.21 bits per heavy atom. The zero-order valence-electron chi connectivity index (χ0n) is 20.7. The van der Waals surface area contributed by atoms with Gasteiger partial charge in [0.05, 0.1) is 13.2 Å². The van der Waals surface area contributed by atoms with Crippen LogP contribution in [0, 0.1) is 0 Å². The van der Waals surface area contributed by atoms with E-state index in [1.807, 2.05) is 0 Å². The van der Waals surface area contributed by atoms with E-state index in [1.54, 1.807) is 0 Å². The lowest BCUT2D eigenvalue weighted by molar-refractivity contribution is -0.268. The number of amides is 2. The maximum atomic E-state index is 12.1. The lowest BCUT2D eigenvalue weighted by Gasteiger charge is -2.44. The Bertz CT molecular complexity index is 684. The molecule has 12 heteroatoms. The molecule has 5 atom stereocenters. The van der Waals surface area contributed by atoms with Gasteiger partial charge >= 0.3 is 12.2 Å². The Hall–Kier alpha value is -1.96. The van der Waals surface area contributed by atoms with Gasteiger partial charge in [0.15, 0.2) is 14.6 Å². The molecule has 1 aliphatic heterocycles. The highest BCUT2D eigenvalue weighted by Crippen LogP contribution is 2.37. The van der Waals surface area contributed by atoms with Crippen LogP contribution in [0.4, 0.5) is 9.59 Å². The van der Waals surface area contributed by atoms with Gasteiger partial charge in [0, 0.05) is 6.54 Å². The van der Waals surface area contributed by atoms with Crippen LogP contribution in [0.15, 0.2) is 25.3 Å². The van der Waals surface area contributed by atoms with E-state index in [9.17, 15) is 19.8 Å². The lowest BCUT2D eigenvalue weighted by Crippen LogP contribution is -2.65. The molecule has 0 aromatic heterocycles. The van der Waals surface area contributed by atoms with Gasteiger partial charge in [0.2, 0.25) is 0 Å². The van der Waals surface area contributed by atoms with Crippen molar-refractivity contribution in [2.24, 2.45) is 0 Å². The molecule has 0 aromatic carbocycles. The average molecular weight is 505 g/mol. The van der Waals surface area contributed by atoms with Gasteiger partial charge in [-0.05, 0) is 18.1 Å². The summed E-state index contributed by atoms with van der Waals surface area (Å²) in [6, 6.07) is -1.14. The molecule has 1 rings (SSSR count). The number of carbonyl (C=O) groups is 2. The molecule has 11 nitrogen and oxygen atoms in total. The first-order valence-corrected chi connectivity index (χ1v) is 14.1. The second kappa shape index (κ2) is 13.8. The van der Waals surface area contributed by atoms with Crippen molar-refractivity contribution in [2.75, 3.05) is 33.0 Å². The van der Waals surface area contributed by atoms with E-state index in [4.69, 9.17) is 23.4 Å². The maximum Gasteiger partial charge on any atom is 0.407 e. The summed E-state index contributed by atoms with van der Waals surface area (Å²) < 4.78 is 27.4. The number of hydrogen-bond donors (Lipinski definition) is 4. The second-order valence-electron chi connectivity index (χ2n) is 9.34. The zero-order chi connectivity index (χ0) is 25.9. The summed E-state index contributed by atoms with van der Waals surface area (Å²) in [4.78, 5) is 23.6. The summed E-state index contributed by atoms with van der Waals surface area (Å²) in [7, 11) is -2.16. The number of nitrogens with one attached hydrogen (secondary N) is 2. The van der Waals surface area contributed by atoms with Gasteiger partial charge < -0.3 is 44.2 Å². The number of alkyl carbamates (subject to hydrolysis) is 2. The molecule has 4 N–H and O–H groups in total. The summed E-state index contributed by atoms with van der Waals surface area (Å²) in [6.45, 7) is 17.4. The van der Waals surface area contributed by atoms with E-state index >= 15 is 0 Å². The SMILES string of the molecule is C=CCOC(=O)NCCO[C@@H]1O[C@H](CO[Si](C)(C)C(C)(C)C)[C@@H](O)[C@H](O)[C@H]1NC(=O)OCC=C. The summed E-state index contributed by atoms with van der Waals surface area (Å²) in [5.74, 6) is 0. The molecular weight excluding hydrogens is 464 g/mol. The first-order valence-electron chi connectivity index (χ1n) is 11.2. The first kappa shape index (κ1) is 30.1. The Kier molecular flexibility index (Phi) is 12.2. The van der Waals surface area contributed by atoms with E-state index in [2.05, 4.69) is 57.7 Å². The molecule has 0 spiro atoms. The van der Waals surface area contributed by atoms with E-state index in [0.717, 1.165) is 0 Å². The predicted molar refractivity (Wildman–Crippen MR) is 128 cm³/mol. The van der Waals surface area contributed by atoms with Crippen LogP contribution < -0.4 is 10.6 Å². The Balaban J connectivity index is 2.84. The summed E-state index contributed by atoms with van der Waals surface area (Å²) >= 11 is 0. The monoisotopic (exact) mass is 504 g/mol. The zero-order valence-corrected chi connectivity index (χ0v) is 21.7. The Morgan fingerprint density at radius 2 is 1.65 bits per heavy atom. The molecule has 0 saturated carbocycles. The summed E-state index contributed by atoms with van der Waals surface area (Å²) in [6.07, 6.45) is -3.47. The molecule has 1 saturated heterocycles. The number of aliphatic hydroxyl groups excluding tert-OH is 2. The van der Waals surface area contributed by atoms with Crippen molar-refractivity contribution < 1.29 is 43.2 Å². The van der Waals surface area contributed by atoms with Crippen molar-refractivity contribution in [3.63, 3.8) is 0 Å². The first-order chi connectivity index (χ1) is 15.8. The van der Waals surface area contributed by atoms with Crippen LogP contribution in [0.5, 0.6) is 0 Å². The molecule has 0 aliphatic carbocycles. The summed E-state index contributed by atoms with van der Waals surface area (Å²) in [5, 5.41) is 26.3. The fourth-order valence-corrected chi connectivity index (χ4v) is 3.71. The quantitative estimate of drug-likeness (QED) is 0.177. The van der Waals surface area contributed by atoms with Crippen molar-refractivity contribution in [1.29, 1.82) is 0 Å². The number of carbonyl (C=O) groups excluding carboxylic acids is 2. The lowest BCUT2D eigenvalue weighted by atomic mass is 9.97. The number of aliphatic hydroxyl groups is 2. The van der Waals surface area contributed by atoms with Crippen LogP contribution in [-0.4, -0.2) is 94.3 Å². The molecule has 1 fully saturated rings. The van der Waals surface area contributed by atoms with Gasteiger partial charge in [0.1, 0.15) is 37.6 Å². The van der Waals surface area contributed by atoms with E-state index in [1.165, 1.54) is 12.2 Å². The van der Waals surface area contributed by atoms with Crippen LogP contribution >= 0.6 is 0 Å². The third kappa shape index (κ3) is 9.35. The molecule has 0 bridgehead atoms. The summed E-state index contributed by atoms with van der Waals surface area (Å²) in [5.41, 5.74) is 0. The molecular formula is C22H40N2O9Si. The van der Waals surface area contributed by atoms with Crippen molar-refractivity contribution >= 4 is 20.5 Å². The minimum absolute atomic E-state index is 0.0215. The van der Waals surface area contributed by atoms with Gasteiger partial charge in [0.25, 0.3) is 0 Å². The standard InChI is InChI=1S/C22H40N2O9Si/c1-8-11-30-20(27)23-10-13-29-19-16(24-21(28)31-12-9-2)18(26)17(25)15(33-19)14-32-34(6,7)22(3,4)5/h8-9,15-19,25-26H,1-2,10-14H2,3-7H3,(H,23,27)(H,24,28)/t15-,16-,17-,18-,19-/m1/s1. The van der Waals surface area contributed by atoms with Crippen LogP contribution in [0.2, 0.25) is 18.1 Å².